The maximum atomic E-state index is 4.74. The molecule has 5 rings (SSSR count). The third-order valence-electron chi connectivity index (χ3n) is 5.62. The lowest BCUT2D eigenvalue weighted by Gasteiger charge is -2.28. The van der Waals surface area contributed by atoms with Gasteiger partial charge in [-0.2, -0.15) is 0 Å². The van der Waals surface area contributed by atoms with Crippen LogP contribution in [0.25, 0.3) is 0 Å². The highest BCUT2D eigenvalue weighted by atomic mass is 15.3. The van der Waals surface area contributed by atoms with Crippen LogP contribution in [0.5, 0.6) is 0 Å². The second-order valence-corrected chi connectivity index (χ2v) is 7.26. The minimum Gasteiger partial charge on any atom is -0.311 e. The normalized spacial score (nSPS) is 23.8. The summed E-state index contributed by atoms with van der Waals surface area (Å²) in [7, 11) is 0. The third kappa shape index (κ3) is 1.86. The predicted molar refractivity (Wildman–Crippen MR) is 83.8 cm³/mol. The molecule has 4 heteroatoms. The van der Waals surface area contributed by atoms with E-state index in [0.29, 0.717) is 12.0 Å². The van der Waals surface area contributed by atoms with Gasteiger partial charge in [-0.1, -0.05) is 18.9 Å². The van der Waals surface area contributed by atoms with Crippen LogP contribution in [0, 0.1) is 0 Å². The standard InChI is InChI=1S/C18H22N4/c1-4-12-19-15(5-1)18(10-2-3-11-18)17-21-20-16(13-6-7-13)22(17)14-8-9-14/h1,4-5,12-14H,2-3,6-11H2. The highest BCUT2D eigenvalue weighted by molar-refractivity contribution is 5.31. The summed E-state index contributed by atoms with van der Waals surface area (Å²) < 4.78 is 2.53. The van der Waals surface area contributed by atoms with Crippen LogP contribution in [0.2, 0.25) is 0 Å². The Morgan fingerprint density at radius 1 is 1.00 bits per heavy atom. The fraction of sp³-hybridized carbons (Fsp3) is 0.611. The van der Waals surface area contributed by atoms with E-state index >= 15 is 0 Å². The summed E-state index contributed by atoms with van der Waals surface area (Å²) in [6.45, 7) is 0. The number of pyridine rings is 1. The molecule has 0 unspecified atom stereocenters. The first-order chi connectivity index (χ1) is 10.9. The SMILES string of the molecule is c1ccc(C2(c3nnc(C4CC4)n3C3CC3)CCCC2)nc1. The quantitative estimate of drug-likeness (QED) is 0.862. The van der Waals surface area contributed by atoms with Crippen molar-refractivity contribution in [3.63, 3.8) is 0 Å². The average molecular weight is 294 g/mol. The molecule has 0 aromatic carbocycles. The second-order valence-electron chi connectivity index (χ2n) is 7.26. The monoisotopic (exact) mass is 294 g/mol. The minimum absolute atomic E-state index is 0.00396. The fourth-order valence-electron chi connectivity index (χ4n) is 4.16. The van der Waals surface area contributed by atoms with Crippen LogP contribution in [0.15, 0.2) is 24.4 Å². The predicted octanol–water partition coefficient (Wildman–Crippen LogP) is 3.75. The molecule has 0 aliphatic heterocycles. The molecule has 2 heterocycles. The lowest BCUT2D eigenvalue weighted by Crippen LogP contribution is -2.29. The first-order valence-electron chi connectivity index (χ1n) is 8.75. The Kier molecular flexibility index (Phi) is 2.70. The first-order valence-corrected chi connectivity index (χ1v) is 8.75. The zero-order valence-electron chi connectivity index (χ0n) is 12.9. The van der Waals surface area contributed by atoms with E-state index in [4.69, 9.17) is 10.1 Å². The lowest BCUT2D eigenvalue weighted by molar-refractivity contribution is 0.450. The molecule has 0 amide bonds. The van der Waals surface area contributed by atoms with Gasteiger partial charge in [0.05, 0.1) is 11.1 Å². The van der Waals surface area contributed by atoms with Gasteiger partial charge in [0.1, 0.15) is 11.6 Å². The van der Waals surface area contributed by atoms with E-state index in [2.05, 4.69) is 21.8 Å². The number of aromatic nitrogens is 4. The molecular formula is C18H22N4. The molecule has 0 atom stereocenters. The van der Waals surface area contributed by atoms with E-state index in [1.807, 2.05) is 12.3 Å². The van der Waals surface area contributed by atoms with Crippen molar-refractivity contribution in [3.8, 4) is 0 Å². The van der Waals surface area contributed by atoms with E-state index in [-0.39, 0.29) is 5.41 Å². The first kappa shape index (κ1) is 12.8. The van der Waals surface area contributed by atoms with E-state index < -0.39 is 0 Å². The Morgan fingerprint density at radius 2 is 1.82 bits per heavy atom. The molecule has 2 aromatic heterocycles. The van der Waals surface area contributed by atoms with Gasteiger partial charge in [0.2, 0.25) is 0 Å². The van der Waals surface area contributed by atoms with Gasteiger partial charge >= 0.3 is 0 Å². The van der Waals surface area contributed by atoms with Gasteiger partial charge in [-0.15, -0.1) is 10.2 Å². The van der Waals surface area contributed by atoms with Crippen LogP contribution < -0.4 is 0 Å². The summed E-state index contributed by atoms with van der Waals surface area (Å²) in [6, 6.07) is 6.96. The topological polar surface area (TPSA) is 43.6 Å². The zero-order valence-corrected chi connectivity index (χ0v) is 12.9. The Balaban J connectivity index is 1.68. The molecule has 22 heavy (non-hydrogen) atoms. The summed E-state index contributed by atoms with van der Waals surface area (Å²) in [6.07, 6.45) is 12.0. The maximum Gasteiger partial charge on any atom is 0.145 e. The van der Waals surface area contributed by atoms with Crippen LogP contribution >= 0.6 is 0 Å². The zero-order chi connectivity index (χ0) is 14.6. The van der Waals surface area contributed by atoms with Gasteiger partial charge in [0.15, 0.2) is 0 Å². The van der Waals surface area contributed by atoms with Crippen molar-refractivity contribution in [1.82, 2.24) is 19.7 Å². The van der Waals surface area contributed by atoms with Gasteiger partial charge in [-0.3, -0.25) is 4.98 Å². The number of hydrogen-bond donors (Lipinski definition) is 0. The van der Waals surface area contributed by atoms with Crippen LogP contribution in [0.4, 0.5) is 0 Å². The van der Waals surface area contributed by atoms with Crippen LogP contribution in [0.1, 0.15) is 80.7 Å². The number of rotatable bonds is 4. The van der Waals surface area contributed by atoms with Crippen LogP contribution in [-0.2, 0) is 5.41 Å². The van der Waals surface area contributed by atoms with E-state index in [9.17, 15) is 0 Å². The highest BCUT2D eigenvalue weighted by Gasteiger charge is 2.46. The molecule has 3 saturated carbocycles. The lowest BCUT2D eigenvalue weighted by atomic mass is 9.81. The van der Waals surface area contributed by atoms with Crippen molar-refractivity contribution in [2.24, 2.45) is 0 Å². The fourth-order valence-corrected chi connectivity index (χ4v) is 4.16. The molecule has 0 bridgehead atoms. The molecule has 3 aliphatic rings. The molecule has 0 radical (unpaired) electrons. The Morgan fingerprint density at radius 3 is 2.45 bits per heavy atom. The molecular weight excluding hydrogens is 272 g/mol. The molecule has 0 spiro atoms. The molecule has 2 aromatic rings. The molecule has 3 aliphatic carbocycles. The second kappa shape index (κ2) is 4.64. The largest absolute Gasteiger partial charge is 0.311 e. The van der Waals surface area contributed by atoms with E-state index in [0.717, 1.165) is 0 Å². The van der Waals surface area contributed by atoms with E-state index in [1.165, 1.54) is 68.7 Å². The summed E-state index contributed by atoms with van der Waals surface area (Å²) in [5.41, 5.74) is 1.20. The van der Waals surface area contributed by atoms with Gasteiger partial charge < -0.3 is 4.57 Å². The summed E-state index contributed by atoms with van der Waals surface area (Å²) >= 11 is 0. The van der Waals surface area contributed by atoms with Gasteiger partial charge in [0, 0.05) is 18.2 Å². The molecule has 3 fully saturated rings. The number of hydrogen-bond acceptors (Lipinski definition) is 3. The van der Waals surface area contributed by atoms with Crippen LogP contribution in [-0.4, -0.2) is 19.7 Å². The summed E-state index contributed by atoms with van der Waals surface area (Å²) in [5, 5.41) is 9.38. The van der Waals surface area contributed by atoms with Crippen molar-refractivity contribution in [2.75, 3.05) is 0 Å². The average Bonchev–Trinajstić information content (AvgIpc) is 3.49. The van der Waals surface area contributed by atoms with Gasteiger partial charge in [-0.25, -0.2) is 0 Å². The molecule has 0 N–H and O–H groups in total. The van der Waals surface area contributed by atoms with Crippen molar-refractivity contribution < 1.29 is 0 Å². The smallest absolute Gasteiger partial charge is 0.145 e. The van der Waals surface area contributed by atoms with Gasteiger partial charge in [-0.05, 0) is 50.7 Å². The summed E-state index contributed by atoms with van der Waals surface area (Å²) in [4.78, 5) is 4.72. The summed E-state index contributed by atoms with van der Waals surface area (Å²) in [5.74, 6) is 3.15. The minimum atomic E-state index is 0.00396. The molecule has 0 saturated heterocycles. The third-order valence-corrected chi connectivity index (χ3v) is 5.62. The van der Waals surface area contributed by atoms with Crippen molar-refractivity contribution in [2.45, 2.75) is 68.7 Å². The Labute approximate surface area is 131 Å². The van der Waals surface area contributed by atoms with Crippen LogP contribution in [0.3, 0.4) is 0 Å². The van der Waals surface area contributed by atoms with E-state index in [1.54, 1.807) is 0 Å². The van der Waals surface area contributed by atoms with Crippen molar-refractivity contribution in [3.05, 3.63) is 41.7 Å². The van der Waals surface area contributed by atoms with Crippen molar-refractivity contribution in [1.29, 1.82) is 0 Å². The van der Waals surface area contributed by atoms with Gasteiger partial charge in [0.25, 0.3) is 0 Å². The van der Waals surface area contributed by atoms with Crippen molar-refractivity contribution >= 4 is 0 Å². The molecule has 114 valence electrons. The Bertz CT molecular complexity index is 676. The highest BCUT2D eigenvalue weighted by Crippen LogP contribution is 2.50. The number of nitrogens with zero attached hydrogens (tertiary/aromatic N) is 4. The Hall–Kier alpha value is -1.71. The maximum absolute atomic E-state index is 4.74. The molecule has 4 nitrogen and oxygen atoms in total.